The van der Waals surface area contributed by atoms with Crippen molar-refractivity contribution in [3.05, 3.63) is 99.5 Å². The Kier molecular flexibility index (Phi) is 8.11. The minimum Gasteiger partial charge on any atom is -0.267 e. The topological polar surface area (TPSA) is 40.6 Å². The van der Waals surface area contributed by atoms with Crippen molar-refractivity contribution in [2.24, 2.45) is 0 Å². The summed E-state index contributed by atoms with van der Waals surface area (Å²) < 4.78 is 0. The van der Waals surface area contributed by atoms with E-state index in [0.717, 1.165) is 10.5 Å². The van der Waals surface area contributed by atoms with E-state index in [2.05, 4.69) is 0 Å². The van der Waals surface area contributed by atoms with Crippen molar-refractivity contribution in [2.75, 3.05) is 5.88 Å². The molecule has 0 heterocycles. The number of rotatable bonds is 5. The van der Waals surface area contributed by atoms with E-state index in [9.17, 15) is 9.59 Å². The van der Waals surface area contributed by atoms with Crippen LogP contribution in [-0.2, 0) is 0 Å². The maximum absolute atomic E-state index is 13.7. The maximum Gasteiger partial charge on any atom is 0.273 e. The van der Waals surface area contributed by atoms with Gasteiger partial charge in [-0.2, -0.15) is 0 Å². The van der Waals surface area contributed by atoms with Crippen LogP contribution in [-0.4, -0.2) is 33.2 Å². The number of carbonyl (C=O) groups excluding carboxylic acids is 2. The molecule has 0 aliphatic rings. The van der Waals surface area contributed by atoms with Crippen LogP contribution >= 0.6 is 35.0 Å². The summed E-state index contributed by atoms with van der Waals surface area (Å²) in [7, 11) is 0. The van der Waals surface area contributed by atoms with Gasteiger partial charge in [0.2, 0.25) is 0 Å². The minimum absolute atomic E-state index is 0.251. The molecule has 2 amide bonds. The molecule has 4 nitrogen and oxygen atoms in total. The van der Waals surface area contributed by atoms with E-state index in [1.165, 1.54) is 27.8 Å². The van der Waals surface area contributed by atoms with Crippen molar-refractivity contribution < 1.29 is 9.59 Å². The molecule has 3 aromatic rings. The number of hydrazine groups is 1. The summed E-state index contributed by atoms with van der Waals surface area (Å²) in [6.07, 6.45) is 0. The first-order valence-corrected chi connectivity index (χ1v) is 12.2. The largest absolute Gasteiger partial charge is 0.273 e. The summed E-state index contributed by atoms with van der Waals surface area (Å²) in [5.74, 6) is -0.349. The van der Waals surface area contributed by atoms with Gasteiger partial charge in [-0.05, 0) is 70.2 Å². The van der Waals surface area contributed by atoms with Crippen LogP contribution < -0.4 is 0 Å². The number of benzene rings is 3. The molecule has 0 aromatic heterocycles. The van der Waals surface area contributed by atoms with Gasteiger partial charge in [0, 0.05) is 16.0 Å². The molecule has 0 fully saturated rings. The lowest BCUT2D eigenvalue weighted by atomic mass is 10.1. The van der Waals surface area contributed by atoms with Crippen LogP contribution in [0.3, 0.4) is 0 Å². The Hall–Kier alpha value is -2.47. The van der Waals surface area contributed by atoms with Gasteiger partial charge in [-0.1, -0.05) is 59.1 Å². The van der Waals surface area contributed by atoms with E-state index in [1.54, 1.807) is 24.3 Å². The molecular formula is C26H26Cl2N2O2S. The summed E-state index contributed by atoms with van der Waals surface area (Å²) in [6, 6.07) is 21.8. The van der Waals surface area contributed by atoms with Gasteiger partial charge in [-0.3, -0.25) is 9.59 Å². The summed E-state index contributed by atoms with van der Waals surface area (Å²) >= 11 is 13.7. The highest BCUT2D eigenvalue weighted by Gasteiger charge is 2.36. The Bertz CT molecular complexity index is 1130. The van der Waals surface area contributed by atoms with Gasteiger partial charge < -0.3 is 0 Å². The molecule has 0 unspecified atom stereocenters. The second-order valence-electron chi connectivity index (χ2n) is 8.57. The zero-order valence-corrected chi connectivity index (χ0v) is 21.3. The second-order valence-corrected chi connectivity index (χ2v) is 10.4. The Morgan fingerprint density at radius 2 is 1.42 bits per heavy atom. The Balaban J connectivity index is 2.03. The first-order valence-electron chi connectivity index (χ1n) is 10.4. The number of hydrogen-bond donors (Lipinski definition) is 0. The molecule has 3 aromatic carbocycles. The molecule has 172 valence electrons. The second kappa shape index (κ2) is 10.6. The fraction of sp³-hybridized carbons (Fsp3) is 0.231. The van der Waals surface area contributed by atoms with E-state index in [4.69, 9.17) is 23.2 Å². The van der Waals surface area contributed by atoms with Crippen LogP contribution in [0.25, 0.3) is 0 Å². The average Bonchev–Trinajstić information content (AvgIpc) is 2.78. The highest BCUT2D eigenvalue weighted by Crippen LogP contribution is 2.29. The molecule has 0 N–H and O–H groups in total. The lowest BCUT2D eigenvalue weighted by molar-refractivity contribution is -0.0340. The summed E-state index contributed by atoms with van der Waals surface area (Å²) in [5.41, 5.74) is 1.22. The molecule has 33 heavy (non-hydrogen) atoms. The number of amides is 2. The number of nitrogens with zero attached hydrogens (tertiary/aromatic N) is 2. The van der Waals surface area contributed by atoms with Crippen LogP contribution in [0.2, 0.25) is 10.0 Å². The normalized spacial score (nSPS) is 11.2. The van der Waals surface area contributed by atoms with Crippen LogP contribution in [0.1, 0.15) is 47.1 Å². The summed E-state index contributed by atoms with van der Waals surface area (Å²) in [6.45, 7) is 7.65. The number of thioether (sulfide) groups is 1. The molecule has 0 saturated carbocycles. The van der Waals surface area contributed by atoms with E-state index in [0.29, 0.717) is 16.1 Å². The highest BCUT2D eigenvalue weighted by atomic mass is 35.5. The smallest absolute Gasteiger partial charge is 0.267 e. The molecule has 0 aliphatic heterocycles. The van der Waals surface area contributed by atoms with E-state index in [-0.39, 0.29) is 22.7 Å². The number of aryl methyl sites for hydroxylation is 1. The van der Waals surface area contributed by atoms with Gasteiger partial charge in [0.25, 0.3) is 11.8 Å². The fourth-order valence-electron chi connectivity index (χ4n) is 3.23. The van der Waals surface area contributed by atoms with Gasteiger partial charge >= 0.3 is 0 Å². The van der Waals surface area contributed by atoms with Crippen LogP contribution in [0.15, 0.2) is 77.7 Å². The molecule has 0 spiro atoms. The monoisotopic (exact) mass is 500 g/mol. The summed E-state index contributed by atoms with van der Waals surface area (Å²) in [4.78, 5) is 28.4. The quantitative estimate of drug-likeness (QED) is 0.209. The van der Waals surface area contributed by atoms with Gasteiger partial charge in [-0.25, -0.2) is 10.0 Å². The third kappa shape index (κ3) is 6.32. The zero-order valence-electron chi connectivity index (χ0n) is 19.0. The van der Waals surface area contributed by atoms with Gasteiger partial charge in [0.15, 0.2) is 0 Å². The first-order chi connectivity index (χ1) is 15.6. The van der Waals surface area contributed by atoms with Crippen LogP contribution in [0.5, 0.6) is 0 Å². The number of halogens is 2. The Morgan fingerprint density at radius 1 is 0.818 bits per heavy atom. The molecular weight excluding hydrogens is 475 g/mol. The molecule has 0 radical (unpaired) electrons. The average molecular weight is 501 g/mol. The Labute approximate surface area is 209 Å². The van der Waals surface area contributed by atoms with Crippen molar-refractivity contribution in [2.45, 2.75) is 38.1 Å². The van der Waals surface area contributed by atoms with E-state index >= 15 is 0 Å². The van der Waals surface area contributed by atoms with Crippen molar-refractivity contribution in [1.29, 1.82) is 0 Å². The minimum atomic E-state index is -0.694. The highest BCUT2D eigenvalue weighted by molar-refractivity contribution is 7.99. The molecule has 0 bridgehead atoms. The lowest BCUT2D eigenvalue weighted by Gasteiger charge is -2.43. The van der Waals surface area contributed by atoms with Crippen molar-refractivity contribution >= 4 is 46.8 Å². The van der Waals surface area contributed by atoms with Crippen LogP contribution in [0, 0.1) is 6.92 Å². The van der Waals surface area contributed by atoms with Gasteiger partial charge in [0.05, 0.1) is 21.5 Å². The third-order valence-corrected chi connectivity index (χ3v) is 6.58. The zero-order chi connectivity index (χ0) is 24.2. The Morgan fingerprint density at radius 3 is 2.00 bits per heavy atom. The standard InChI is InChI=1S/C26H26Cl2N2O2S/c1-18-10-12-19(13-11-18)24(31)29(17-33-21-8-6-5-7-9-21)30(26(2,3)4)25(32)20-14-15-22(27)23(28)16-20/h5-16H,17H2,1-4H3. The van der Waals surface area contributed by atoms with Crippen molar-refractivity contribution in [1.82, 2.24) is 10.0 Å². The maximum atomic E-state index is 13.7. The molecule has 0 aliphatic carbocycles. The summed E-state index contributed by atoms with van der Waals surface area (Å²) in [5, 5.41) is 3.66. The van der Waals surface area contributed by atoms with Gasteiger partial charge in [0.1, 0.15) is 0 Å². The third-order valence-electron chi connectivity index (χ3n) is 4.87. The predicted octanol–water partition coefficient (Wildman–Crippen LogP) is 7.35. The lowest BCUT2D eigenvalue weighted by Crippen LogP contribution is -2.58. The van der Waals surface area contributed by atoms with E-state index in [1.807, 2.05) is 70.2 Å². The predicted molar refractivity (Wildman–Crippen MR) is 137 cm³/mol. The van der Waals surface area contributed by atoms with Gasteiger partial charge in [-0.15, -0.1) is 11.8 Å². The fourth-order valence-corrected chi connectivity index (χ4v) is 4.38. The molecule has 0 atom stereocenters. The van der Waals surface area contributed by atoms with Crippen LogP contribution in [0.4, 0.5) is 0 Å². The van der Waals surface area contributed by atoms with Crippen molar-refractivity contribution in [3.8, 4) is 0 Å². The van der Waals surface area contributed by atoms with E-state index < -0.39 is 5.54 Å². The number of hydrogen-bond acceptors (Lipinski definition) is 3. The molecule has 0 saturated heterocycles. The first kappa shape index (κ1) is 25.2. The number of carbonyl (C=O) groups is 2. The molecule has 3 rings (SSSR count). The van der Waals surface area contributed by atoms with Crippen molar-refractivity contribution in [3.63, 3.8) is 0 Å². The SMILES string of the molecule is Cc1ccc(C(=O)N(CSc2ccccc2)N(C(=O)c2ccc(Cl)c(Cl)c2)C(C)(C)C)cc1. The molecule has 7 heteroatoms.